The molecule has 8 heteroatoms. The maximum atomic E-state index is 13.4. The summed E-state index contributed by atoms with van der Waals surface area (Å²) in [6, 6.07) is 4.11. The number of aliphatic hydroxyl groups is 1. The molecule has 1 heterocycles. The SMILES string of the molecule is Cc1ccc(S(=O)(=O)N2CCC[C@H]2C(=O)OC(C)(C)C)c(O[C@H](C)CCCO)c1. The first-order valence-corrected chi connectivity index (χ1v) is 11.5. The van der Waals surface area contributed by atoms with Crippen molar-refractivity contribution in [3.05, 3.63) is 23.8 Å². The summed E-state index contributed by atoms with van der Waals surface area (Å²) in [6.45, 7) is 9.31. The highest BCUT2D eigenvalue weighted by Crippen LogP contribution is 2.34. The standard InChI is InChI=1S/C21H33NO6S/c1-15-10-11-19(18(14-15)27-16(2)8-7-13-23)29(25,26)22-12-6-9-17(22)20(24)28-21(3,4)5/h10-11,14,16-17,23H,6-9,12-13H2,1-5H3/t16-,17+/m1/s1. The zero-order valence-electron chi connectivity index (χ0n) is 18.0. The molecule has 7 nitrogen and oxygen atoms in total. The average Bonchev–Trinajstić information content (AvgIpc) is 3.09. The predicted molar refractivity (Wildman–Crippen MR) is 110 cm³/mol. The molecular weight excluding hydrogens is 394 g/mol. The molecular formula is C21H33NO6S. The Kier molecular flexibility index (Phi) is 7.70. The number of aryl methyl sites for hydroxylation is 1. The number of aliphatic hydroxyl groups excluding tert-OH is 1. The minimum absolute atomic E-state index is 0.0504. The van der Waals surface area contributed by atoms with Gasteiger partial charge in [-0.05, 0) is 78.0 Å². The fourth-order valence-electron chi connectivity index (χ4n) is 3.33. The van der Waals surface area contributed by atoms with Crippen LogP contribution in [-0.2, 0) is 19.6 Å². The lowest BCUT2D eigenvalue weighted by atomic mass is 10.2. The fraction of sp³-hybridized carbons (Fsp3) is 0.667. The second kappa shape index (κ2) is 9.45. The zero-order valence-corrected chi connectivity index (χ0v) is 18.8. The summed E-state index contributed by atoms with van der Waals surface area (Å²) >= 11 is 0. The third kappa shape index (κ3) is 6.17. The summed E-state index contributed by atoms with van der Waals surface area (Å²) in [4.78, 5) is 12.7. The van der Waals surface area contributed by atoms with Crippen molar-refractivity contribution in [2.24, 2.45) is 0 Å². The number of benzene rings is 1. The molecule has 0 spiro atoms. The van der Waals surface area contributed by atoms with Crippen molar-refractivity contribution in [2.75, 3.05) is 13.2 Å². The van der Waals surface area contributed by atoms with E-state index in [9.17, 15) is 13.2 Å². The van der Waals surface area contributed by atoms with Gasteiger partial charge < -0.3 is 14.6 Å². The van der Waals surface area contributed by atoms with Crippen molar-refractivity contribution >= 4 is 16.0 Å². The molecule has 1 fully saturated rings. The summed E-state index contributed by atoms with van der Waals surface area (Å²) in [5.41, 5.74) is 0.188. The maximum absolute atomic E-state index is 13.4. The number of ether oxygens (including phenoxy) is 2. The van der Waals surface area contributed by atoms with Crippen LogP contribution in [0.3, 0.4) is 0 Å². The van der Waals surface area contributed by atoms with E-state index in [0.717, 1.165) is 5.56 Å². The van der Waals surface area contributed by atoms with Gasteiger partial charge in [-0.15, -0.1) is 0 Å². The molecule has 1 N–H and O–H groups in total. The Bertz CT molecular complexity index is 815. The molecule has 0 radical (unpaired) electrons. The first-order valence-electron chi connectivity index (χ1n) is 10.1. The minimum atomic E-state index is -3.94. The second-order valence-corrected chi connectivity index (χ2v) is 10.4. The van der Waals surface area contributed by atoms with Gasteiger partial charge in [0.2, 0.25) is 10.0 Å². The van der Waals surface area contributed by atoms with Gasteiger partial charge in [-0.1, -0.05) is 6.07 Å². The molecule has 1 aromatic rings. The molecule has 0 bridgehead atoms. The Morgan fingerprint density at radius 1 is 1.34 bits per heavy atom. The Morgan fingerprint density at radius 2 is 2.03 bits per heavy atom. The molecule has 0 aromatic heterocycles. The van der Waals surface area contributed by atoms with Crippen LogP contribution in [0.15, 0.2) is 23.1 Å². The van der Waals surface area contributed by atoms with Crippen molar-refractivity contribution in [1.29, 1.82) is 0 Å². The van der Waals surface area contributed by atoms with E-state index < -0.39 is 27.6 Å². The second-order valence-electron chi connectivity index (χ2n) is 8.55. The van der Waals surface area contributed by atoms with Crippen molar-refractivity contribution < 1.29 is 27.8 Å². The highest BCUT2D eigenvalue weighted by Gasteiger charge is 2.42. The van der Waals surface area contributed by atoms with Crippen LogP contribution >= 0.6 is 0 Å². The van der Waals surface area contributed by atoms with Gasteiger partial charge in [0.1, 0.15) is 22.3 Å². The molecule has 0 amide bonds. The van der Waals surface area contributed by atoms with Gasteiger partial charge in [-0.2, -0.15) is 4.31 Å². The first kappa shape index (κ1) is 23.6. The van der Waals surface area contributed by atoms with Gasteiger partial charge >= 0.3 is 5.97 Å². The van der Waals surface area contributed by atoms with Crippen LogP contribution in [0.25, 0.3) is 0 Å². The summed E-state index contributed by atoms with van der Waals surface area (Å²) in [6.07, 6.45) is 1.95. The number of esters is 1. The van der Waals surface area contributed by atoms with E-state index in [1.165, 1.54) is 10.4 Å². The zero-order chi connectivity index (χ0) is 21.8. The minimum Gasteiger partial charge on any atom is -0.489 e. The lowest BCUT2D eigenvalue weighted by Crippen LogP contribution is -2.43. The maximum Gasteiger partial charge on any atom is 0.324 e. The van der Waals surface area contributed by atoms with Crippen molar-refractivity contribution in [2.45, 2.75) is 82.9 Å². The van der Waals surface area contributed by atoms with Crippen molar-refractivity contribution in [3.63, 3.8) is 0 Å². The molecule has 1 aliphatic rings. The molecule has 2 rings (SSSR count). The molecule has 1 saturated heterocycles. The van der Waals surface area contributed by atoms with E-state index in [1.807, 2.05) is 13.8 Å². The summed E-state index contributed by atoms with van der Waals surface area (Å²) in [5, 5.41) is 9.01. The van der Waals surface area contributed by atoms with E-state index in [4.69, 9.17) is 14.6 Å². The number of hydrogen-bond donors (Lipinski definition) is 1. The highest BCUT2D eigenvalue weighted by atomic mass is 32.2. The molecule has 2 atom stereocenters. The topological polar surface area (TPSA) is 93.1 Å². The highest BCUT2D eigenvalue weighted by molar-refractivity contribution is 7.89. The molecule has 29 heavy (non-hydrogen) atoms. The van der Waals surface area contributed by atoms with E-state index >= 15 is 0 Å². The summed E-state index contributed by atoms with van der Waals surface area (Å²) < 4.78 is 39.5. The molecule has 164 valence electrons. The van der Waals surface area contributed by atoms with Crippen molar-refractivity contribution in [1.82, 2.24) is 4.31 Å². The fourth-order valence-corrected chi connectivity index (χ4v) is 5.08. The third-order valence-electron chi connectivity index (χ3n) is 4.67. The Morgan fingerprint density at radius 3 is 2.66 bits per heavy atom. The normalized spacial score (nSPS) is 19.2. The van der Waals surface area contributed by atoms with Crippen LogP contribution < -0.4 is 4.74 Å². The van der Waals surface area contributed by atoms with Gasteiger partial charge in [0.25, 0.3) is 0 Å². The van der Waals surface area contributed by atoms with Crippen LogP contribution in [-0.4, -0.2) is 54.7 Å². The van der Waals surface area contributed by atoms with E-state index in [2.05, 4.69) is 0 Å². The van der Waals surface area contributed by atoms with Gasteiger partial charge in [0.05, 0.1) is 6.10 Å². The Hall–Kier alpha value is -1.64. The van der Waals surface area contributed by atoms with E-state index in [1.54, 1.807) is 32.9 Å². The summed E-state index contributed by atoms with van der Waals surface area (Å²) in [7, 11) is -3.94. The van der Waals surface area contributed by atoms with Crippen LogP contribution in [0, 0.1) is 6.92 Å². The van der Waals surface area contributed by atoms with Crippen LogP contribution in [0.4, 0.5) is 0 Å². The number of nitrogens with zero attached hydrogens (tertiary/aromatic N) is 1. The third-order valence-corrected chi connectivity index (χ3v) is 6.61. The largest absolute Gasteiger partial charge is 0.489 e. The monoisotopic (exact) mass is 427 g/mol. The smallest absolute Gasteiger partial charge is 0.324 e. The molecule has 0 saturated carbocycles. The molecule has 1 aliphatic heterocycles. The first-order chi connectivity index (χ1) is 13.5. The number of rotatable bonds is 8. The van der Waals surface area contributed by atoms with Gasteiger partial charge in [0, 0.05) is 13.2 Å². The average molecular weight is 428 g/mol. The Labute approximate surface area is 174 Å². The van der Waals surface area contributed by atoms with Gasteiger partial charge in [-0.3, -0.25) is 4.79 Å². The van der Waals surface area contributed by atoms with Gasteiger partial charge in [0.15, 0.2) is 0 Å². The van der Waals surface area contributed by atoms with Crippen LogP contribution in [0.1, 0.15) is 58.9 Å². The van der Waals surface area contributed by atoms with Gasteiger partial charge in [-0.25, -0.2) is 8.42 Å². The number of sulfonamides is 1. The van der Waals surface area contributed by atoms with Crippen LogP contribution in [0.2, 0.25) is 0 Å². The molecule has 1 aromatic carbocycles. The Balaban J connectivity index is 2.33. The number of hydrogen-bond acceptors (Lipinski definition) is 6. The van der Waals surface area contributed by atoms with E-state index in [-0.39, 0.29) is 29.9 Å². The molecule has 0 aliphatic carbocycles. The van der Waals surface area contributed by atoms with E-state index in [0.29, 0.717) is 25.7 Å². The quantitative estimate of drug-likeness (QED) is 0.641. The van der Waals surface area contributed by atoms with Crippen LogP contribution in [0.5, 0.6) is 5.75 Å². The lowest BCUT2D eigenvalue weighted by molar-refractivity contribution is -0.158. The lowest BCUT2D eigenvalue weighted by Gasteiger charge is -2.28. The number of carbonyl (C=O) groups excluding carboxylic acids is 1. The molecule has 0 unspecified atom stereocenters. The predicted octanol–water partition coefficient (Wildman–Crippen LogP) is 3.03. The summed E-state index contributed by atoms with van der Waals surface area (Å²) in [5.74, 6) is -0.255. The number of carbonyl (C=O) groups is 1. The van der Waals surface area contributed by atoms with Crippen molar-refractivity contribution in [3.8, 4) is 5.75 Å².